The zero-order valence-corrected chi connectivity index (χ0v) is 14.8. The Hall–Kier alpha value is -1.63. The number of thiazole rings is 1. The first-order chi connectivity index (χ1) is 11.3. The predicted molar refractivity (Wildman–Crippen MR) is 98.3 cm³/mol. The van der Waals surface area contributed by atoms with Crippen molar-refractivity contribution in [3.8, 4) is 17.0 Å². The minimum Gasteiger partial charge on any atom is -0.493 e. The summed E-state index contributed by atoms with van der Waals surface area (Å²) in [6.07, 6.45) is 3.70. The number of ether oxygens (including phenoxy) is 1. The molecule has 0 radical (unpaired) electrons. The van der Waals surface area contributed by atoms with Gasteiger partial charge < -0.3 is 15.4 Å². The monoisotopic (exact) mass is 365 g/mol. The Morgan fingerprint density at radius 1 is 1.46 bits per heavy atom. The highest BCUT2D eigenvalue weighted by Gasteiger charge is 2.19. The topological polar surface area (TPSA) is 63.2 Å². The number of nitrogens with one attached hydrogen (secondary N) is 2. The van der Waals surface area contributed by atoms with E-state index < -0.39 is 0 Å². The first-order valence-electron chi connectivity index (χ1n) is 8.03. The maximum Gasteiger partial charge on any atom is 0.227 e. The normalized spacial score (nSPS) is 18.6. The van der Waals surface area contributed by atoms with Crippen molar-refractivity contribution < 1.29 is 9.53 Å². The molecule has 3 heterocycles. The maximum absolute atomic E-state index is 12.1. The molecule has 2 N–H and O–H groups in total. The number of aromatic nitrogens is 1. The van der Waals surface area contributed by atoms with Crippen molar-refractivity contribution in [2.75, 3.05) is 18.5 Å². The molecule has 24 heavy (non-hydrogen) atoms. The van der Waals surface area contributed by atoms with E-state index in [-0.39, 0.29) is 18.3 Å². The van der Waals surface area contributed by atoms with E-state index in [0.29, 0.717) is 17.6 Å². The Morgan fingerprint density at radius 2 is 2.38 bits per heavy atom. The molecule has 1 fully saturated rings. The van der Waals surface area contributed by atoms with Crippen LogP contribution in [0.25, 0.3) is 11.3 Å². The summed E-state index contributed by atoms with van der Waals surface area (Å²) >= 11 is 1.47. The number of carbonyl (C=O) groups is 1. The minimum absolute atomic E-state index is 0. The molecule has 0 aliphatic carbocycles. The molecule has 2 aliphatic heterocycles. The molecule has 1 amide bonds. The first kappa shape index (κ1) is 17.2. The summed E-state index contributed by atoms with van der Waals surface area (Å²) < 4.78 is 5.53. The Bertz CT molecular complexity index is 728. The Morgan fingerprint density at radius 3 is 3.21 bits per heavy atom. The molecule has 2 aliphatic rings. The second-order valence-electron chi connectivity index (χ2n) is 6.00. The summed E-state index contributed by atoms with van der Waals surface area (Å²) in [5, 5.41) is 8.91. The third kappa shape index (κ3) is 3.71. The smallest absolute Gasteiger partial charge is 0.227 e. The van der Waals surface area contributed by atoms with Crippen LogP contribution in [0.1, 0.15) is 24.8 Å². The van der Waals surface area contributed by atoms with Crippen LogP contribution in [-0.4, -0.2) is 30.1 Å². The zero-order valence-electron chi connectivity index (χ0n) is 13.2. The second kappa shape index (κ2) is 7.51. The summed E-state index contributed by atoms with van der Waals surface area (Å²) in [5.41, 5.74) is 3.20. The van der Waals surface area contributed by atoms with Crippen LogP contribution in [0.4, 0.5) is 5.13 Å². The van der Waals surface area contributed by atoms with Gasteiger partial charge in [0.2, 0.25) is 5.91 Å². The van der Waals surface area contributed by atoms with Gasteiger partial charge in [-0.1, -0.05) is 0 Å². The Labute approximate surface area is 151 Å². The quantitative estimate of drug-likeness (QED) is 0.873. The SMILES string of the molecule is Cl.O=C(CC1CCCN1)Nc1nc(-c2ccc3c(c2)CCO3)cs1. The van der Waals surface area contributed by atoms with Gasteiger partial charge in [0, 0.05) is 29.8 Å². The zero-order chi connectivity index (χ0) is 15.6. The van der Waals surface area contributed by atoms with Gasteiger partial charge in [0.05, 0.1) is 12.3 Å². The number of rotatable bonds is 4. The van der Waals surface area contributed by atoms with Crippen molar-refractivity contribution in [2.45, 2.75) is 31.7 Å². The van der Waals surface area contributed by atoms with E-state index in [1.165, 1.54) is 16.9 Å². The lowest BCUT2D eigenvalue weighted by Crippen LogP contribution is -2.27. The van der Waals surface area contributed by atoms with E-state index in [1.54, 1.807) is 0 Å². The van der Waals surface area contributed by atoms with Gasteiger partial charge in [0.15, 0.2) is 5.13 Å². The molecular weight excluding hydrogens is 346 g/mol. The number of benzene rings is 1. The van der Waals surface area contributed by atoms with Crippen LogP contribution in [-0.2, 0) is 11.2 Å². The molecule has 128 valence electrons. The molecule has 0 bridgehead atoms. The van der Waals surface area contributed by atoms with E-state index in [1.807, 2.05) is 17.5 Å². The fourth-order valence-electron chi connectivity index (χ4n) is 3.13. The Kier molecular flexibility index (Phi) is 5.38. The van der Waals surface area contributed by atoms with E-state index >= 15 is 0 Å². The summed E-state index contributed by atoms with van der Waals surface area (Å²) in [4.78, 5) is 16.6. The molecule has 5 nitrogen and oxygen atoms in total. The number of nitrogens with zero attached hydrogens (tertiary/aromatic N) is 1. The maximum atomic E-state index is 12.1. The molecule has 1 saturated heterocycles. The van der Waals surface area contributed by atoms with Gasteiger partial charge in [-0.15, -0.1) is 23.7 Å². The van der Waals surface area contributed by atoms with Crippen LogP contribution in [0, 0.1) is 0 Å². The summed E-state index contributed by atoms with van der Waals surface area (Å²) in [7, 11) is 0. The summed E-state index contributed by atoms with van der Waals surface area (Å²) in [6, 6.07) is 6.46. The predicted octanol–water partition coefficient (Wildman–Crippen LogP) is 3.25. The van der Waals surface area contributed by atoms with E-state index in [0.717, 1.165) is 49.4 Å². The van der Waals surface area contributed by atoms with Crippen LogP contribution in [0.3, 0.4) is 0 Å². The van der Waals surface area contributed by atoms with E-state index in [9.17, 15) is 4.79 Å². The van der Waals surface area contributed by atoms with Gasteiger partial charge in [-0.25, -0.2) is 4.98 Å². The fourth-order valence-corrected chi connectivity index (χ4v) is 3.87. The number of carbonyl (C=O) groups excluding carboxylic acids is 1. The molecule has 0 saturated carbocycles. The van der Waals surface area contributed by atoms with Crippen LogP contribution >= 0.6 is 23.7 Å². The highest BCUT2D eigenvalue weighted by Crippen LogP contribution is 2.32. The highest BCUT2D eigenvalue weighted by molar-refractivity contribution is 7.14. The number of halogens is 1. The standard InChI is InChI=1S/C17H19N3O2S.ClH/c21-16(9-13-2-1-6-18-13)20-17-19-14(10-23-17)11-3-4-15-12(8-11)5-7-22-15;/h3-4,8,10,13,18H,1-2,5-7,9H2,(H,19,20,21);1H. The molecule has 0 spiro atoms. The minimum atomic E-state index is 0. The largest absolute Gasteiger partial charge is 0.493 e. The number of fused-ring (bicyclic) bond motifs is 1. The Balaban J connectivity index is 0.00000169. The first-order valence-corrected chi connectivity index (χ1v) is 8.91. The molecule has 1 aromatic carbocycles. The highest BCUT2D eigenvalue weighted by atomic mass is 35.5. The van der Waals surface area contributed by atoms with Crippen LogP contribution in [0.15, 0.2) is 23.6 Å². The molecule has 7 heteroatoms. The average molecular weight is 366 g/mol. The third-order valence-corrected chi connectivity index (χ3v) is 5.09. The van der Waals surface area contributed by atoms with Crippen molar-refractivity contribution >= 4 is 34.8 Å². The third-order valence-electron chi connectivity index (χ3n) is 4.33. The van der Waals surface area contributed by atoms with Crippen molar-refractivity contribution in [2.24, 2.45) is 0 Å². The number of anilines is 1. The molecule has 1 unspecified atom stereocenters. The second-order valence-corrected chi connectivity index (χ2v) is 6.86. The lowest BCUT2D eigenvalue weighted by atomic mass is 10.1. The van der Waals surface area contributed by atoms with Crippen LogP contribution in [0.5, 0.6) is 5.75 Å². The van der Waals surface area contributed by atoms with E-state index in [2.05, 4.69) is 21.7 Å². The van der Waals surface area contributed by atoms with Gasteiger partial charge in [0.25, 0.3) is 0 Å². The number of hydrogen-bond acceptors (Lipinski definition) is 5. The molecular formula is C17H20ClN3O2S. The van der Waals surface area contributed by atoms with Gasteiger partial charge in [-0.2, -0.15) is 0 Å². The van der Waals surface area contributed by atoms with Gasteiger partial charge in [-0.3, -0.25) is 4.79 Å². The van der Waals surface area contributed by atoms with Crippen molar-refractivity contribution in [1.82, 2.24) is 10.3 Å². The number of amides is 1. The lowest BCUT2D eigenvalue weighted by molar-refractivity contribution is -0.116. The van der Waals surface area contributed by atoms with Gasteiger partial charge >= 0.3 is 0 Å². The lowest BCUT2D eigenvalue weighted by Gasteiger charge is -2.08. The molecule has 4 rings (SSSR count). The van der Waals surface area contributed by atoms with Crippen molar-refractivity contribution in [1.29, 1.82) is 0 Å². The molecule has 1 aromatic heterocycles. The fraction of sp³-hybridized carbons (Fsp3) is 0.412. The van der Waals surface area contributed by atoms with E-state index in [4.69, 9.17) is 4.74 Å². The van der Waals surface area contributed by atoms with Gasteiger partial charge in [0.1, 0.15) is 5.75 Å². The molecule has 2 aromatic rings. The average Bonchev–Trinajstić information content (AvgIpc) is 3.27. The summed E-state index contributed by atoms with van der Waals surface area (Å²) in [6.45, 7) is 1.77. The molecule has 1 atom stereocenters. The van der Waals surface area contributed by atoms with Crippen molar-refractivity contribution in [3.05, 3.63) is 29.1 Å². The van der Waals surface area contributed by atoms with Crippen molar-refractivity contribution in [3.63, 3.8) is 0 Å². The number of hydrogen-bond donors (Lipinski definition) is 2. The van der Waals surface area contributed by atoms with Crippen LogP contribution < -0.4 is 15.4 Å². The van der Waals surface area contributed by atoms with Crippen LogP contribution in [0.2, 0.25) is 0 Å². The summed E-state index contributed by atoms with van der Waals surface area (Å²) in [5.74, 6) is 1.01. The van der Waals surface area contributed by atoms with Gasteiger partial charge in [-0.05, 0) is 43.1 Å².